The van der Waals surface area contributed by atoms with Gasteiger partial charge in [-0.1, -0.05) is 26.7 Å². The van der Waals surface area contributed by atoms with E-state index in [1.54, 1.807) is 0 Å². The Labute approximate surface area is 99.1 Å². The first-order chi connectivity index (χ1) is 7.65. The number of nitriles is 1. The molecular weight excluding hydrogens is 200 g/mol. The van der Waals surface area contributed by atoms with E-state index in [2.05, 4.69) is 24.8 Å². The number of hydrogen-bond donors (Lipinski definition) is 1. The Morgan fingerprint density at radius 2 is 2.06 bits per heavy atom. The fourth-order valence-electron chi connectivity index (χ4n) is 2.57. The van der Waals surface area contributed by atoms with Crippen LogP contribution in [-0.4, -0.2) is 35.2 Å². The van der Waals surface area contributed by atoms with Crippen LogP contribution in [0.4, 0.5) is 0 Å². The summed E-state index contributed by atoms with van der Waals surface area (Å²) in [5, 5.41) is 18.7. The zero-order valence-corrected chi connectivity index (χ0v) is 10.5. The van der Waals surface area contributed by atoms with Crippen LogP contribution in [0.15, 0.2) is 0 Å². The minimum atomic E-state index is -0.189. The van der Waals surface area contributed by atoms with Gasteiger partial charge in [-0.2, -0.15) is 5.26 Å². The van der Waals surface area contributed by atoms with Gasteiger partial charge in [0.2, 0.25) is 0 Å². The molecule has 2 atom stereocenters. The van der Waals surface area contributed by atoms with Crippen LogP contribution in [0.25, 0.3) is 0 Å². The van der Waals surface area contributed by atoms with Crippen LogP contribution < -0.4 is 0 Å². The maximum atomic E-state index is 10.0. The third-order valence-electron chi connectivity index (χ3n) is 3.27. The van der Waals surface area contributed by atoms with E-state index in [-0.39, 0.29) is 12.1 Å². The van der Waals surface area contributed by atoms with E-state index in [1.165, 1.54) is 6.42 Å². The highest BCUT2D eigenvalue weighted by Crippen LogP contribution is 2.24. The van der Waals surface area contributed by atoms with Crippen molar-refractivity contribution in [3.05, 3.63) is 0 Å². The van der Waals surface area contributed by atoms with Gasteiger partial charge in [-0.05, 0) is 18.8 Å². The zero-order chi connectivity index (χ0) is 12.0. The topological polar surface area (TPSA) is 47.3 Å². The zero-order valence-electron chi connectivity index (χ0n) is 10.5. The number of nitrogens with zero attached hydrogens (tertiary/aromatic N) is 2. The van der Waals surface area contributed by atoms with Crippen LogP contribution in [0.5, 0.6) is 0 Å². The monoisotopic (exact) mass is 224 g/mol. The first-order valence-electron chi connectivity index (χ1n) is 6.44. The molecule has 0 unspecified atom stereocenters. The minimum Gasteiger partial charge on any atom is -0.391 e. The van der Waals surface area contributed by atoms with E-state index >= 15 is 0 Å². The van der Waals surface area contributed by atoms with Crippen LogP contribution in [0.2, 0.25) is 0 Å². The molecule has 1 N–H and O–H groups in total. The SMILES string of the molecule is CC(C)CN(CCC#N)[C@@H]1CCCC[C@H]1O. The number of aliphatic hydroxyl groups excluding tert-OH is 1. The van der Waals surface area contributed by atoms with Crippen LogP contribution in [0.1, 0.15) is 46.0 Å². The summed E-state index contributed by atoms with van der Waals surface area (Å²) in [6.07, 6.45) is 4.74. The molecule has 0 saturated heterocycles. The third kappa shape index (κ3) is 4.11. The largest absolute Gasteiger partial charge is 0.391 e. The molecule has 3 heteroatoms. The van der Waals surface area contributed by atoms with Crippen LogP contribution in [0, 0.1) is 17.2 Å². The van der Waals surface area contributed by atoms with Crippen molar-refractivity contribution in [2.75, 3.05) is 13.1 Å². The van der Waals surface area contributed by atoms with Gasteiger partial charge >= 0.3 is 0 Å². The van der Waals surface area contributed by atoms with Gasteiger partial charge in [0.05, 0.1) is 12.2 Å². The Kier molecular flexibility index (Phi) is 5.79. The van der Waals surface area contributed by atoms with Crippen LogP contribution >= 0.6 is 0 Å². The molecule has 0 heterocycles. The Morgan fingerprint density at radius 1 is 1.38 bits per heavy atom. The first-order valence-corrected chi connectivity index (χ1v) is 6.44. The molecule has 16 heavy (non-hydrogen) atoms. The fourth-order valence-corrected chi connectivity index (χ4v) is 2.57. The summed E-state index contributed by atoms with van der Waals surface area (Å²) in [6.45, 7) is 6.17. The second-order valence-electron chi connectivity index (χ2n) is 5.22. The molecule has 1 fully saturated rings. The maximum Gasteiger partial charge on any atom is 0.0695 e. The van der Waals surface area contributed by atoms with Crippen molar-refractivity contribution < 1.29 is 5.11 Å². The van der Waals surface area contributed by atoms with Crippen molar-refractivity contribution >= 4 is 0 Å². The lowest BCUT2D eigenvalue weighted by atomic mass is 9.90. The van der Waals surface area contributed by atoms with Gasteiger partial charge in [-0.3, -0.25) is 4.90 Å². The smallest absolute Gasteiger partial charge is 0.0695 e. The molecule has 0 radical (unpaired) electrons. The van der Waals surface area contributed by atoms with Gasteiger partial charge in [0.15, 0.2) is 0 Å². The van der Waals surface area contributed by atoms with Gasteiger partial charge < -0.3 is 5.11 Å². The second-order valence-corrected chi connectivity index (χ2v) is 5.22. The normalized spacial score (nSPS) is 26.0. The molecule has 0 aromatic heterocycles. The van der Waals surface area contributed by atoms with Gasteiger partial charge in [0, 0.05) is 25.6 Å². The molecular formula is C13H24N2O. The van der Waals surface area contributed by atoms with Crippen LogP contribution in [0.3, 0.4) is 0 Å². The molecule has 0 aromatic rings. The van der Waals surface area contributed by atoms with Gasteiger partial charge in [0.25, 0.3) is 0 Å². The van der Waals surface area contributed by atoms with Crippen molar-refractivity contribution in [3.63, 3.8) is 0 Å². The van der Waals surface area contributed by atoms with E-state index in [0.29, 0.717) is 12.3 Å². The average Bonchev–Trinajstić information content (AvgIpc) is 2.24. The van der Waals surface area contributed by atoms with Gasteiger partial charge in [-0.25, -0.2) is 0 Å². The van der Waals surface area contributed by atoms with E-state index in [1.807, 2.05) is 0 Å². The third-order valence-corrected chi connectivity index (χ3v) is 3.27. The lowest BCUT2D eigenvalue weighted by Crippen LogP contribution is -2.47. The molecule has 92 valence electrons. The van der Waals surface area contributed by atoms with Crippen molar-refractivity contribution in [2.45, 2.75) is 58.1 Å². The average molecular weight is 224 g/mol. The van der Waals surface area contributed by atoms with Gasteiger partial charge in [0.1, 0.15) is 0 Å². The highest BCUT2D eigenvalue weighted by molar-refractivity contribution is 4.85. The highest BCUT2D eigenvalue weighted by atomic mass is 16.3. The summed E-state index contributed by atoms with van der Waals surface area (Å²) in [6, 6.07) is 2.48. The fraction of sp³-hybridized carbons (Fsp3) is 0.923. The van der Waals surface area contributed by atoms with E-state index in [9.17, 15) is 5.11 Å². The summed E-state index contributed by atoms with van der Waals surface area (Å²) >= 11 is 0. The van der Waals surface area contributed by atoms with E-state index in [4.69, 9.17) is 5.26 Å². The predicted octanol–water partition coefficient (Wildman–Crippen LogP) is 2.16. The Balaban J connectivity index is 2.55. The maximum absolute atomic E-state index is 10.0. The van der Waals surface area contributed by atoms with Crippen molar-refractivity contribution in [2.24, 2.45) is 5.92 Å². The number of aliphatic hydroxyl groups is 1. The lowest BCUT2D eigenvalue weighted by Gasteiger charge is -2.38. The summed E-state index contributed by atoms with van der Waals surface area (Å²) in [5.74, 6) is 0.591. The Bertz CT molecular complexity index is 235. The van der Waals surface area contributed by atoms with Crippen molar-refractivity contribution in [1.29, 1.82) is 5.26 Å². The first kappa shape index (κ1) is 13.5. The standard InChI is InChI=1S/C13H24N2O/c1-11(2)10-15(9-5-8-14)12-6-3-4-7-13(12)16/h11-13,16H,3-7,9-10H2,1-2H3/t12-,13-/m1/s1. The summed E-state index contributed by atoms with van der Waals surface area (Å²) in [5.41, 5.74) is 0. The molecule has 0 amide bonds. The van der Waals surface area contributed by atoms with E-state index < -0.39 is 0 Å². The molecule has 1 aliphatic rings. The van der Waals surface area contributed by atoms with Gasteiger partial charge in [-0.15, -0.1) is 0 Å². The highest BCUT2D eigenvalue weighted by Gasteiger charge is 2.28. The molecule has 1 aliphatic carbocycles. The number of rotatable bonds is 5. The minimum absolute atomic E-state index is 0.189. The summed E-state index contributed by atoms with van der Waals surface area (Å²) in [4.78, 5) is 2.32. The second kappa shape index (κ2) is 6.88. The van der Waals surface area contributed by atoms with Crippen molar-refractivity contribution in [1.82, 2.24) is 4.90 Å². The van der Waals surface area contributed by atoms with Crippen LogP contribution in [-0.2, 0) is 0 Å². The molecule has 1 saturated carbocycles. The van der Waals surface area contributed by atoms with Crippen molar-refractivity contribution in [3.8, 4) is 6.07 Å². The molecule has 1 rings (SSSR count). The number of hydrogen-bond acceptors (Lipinski definition) is 3. The predicted molar refractivity (Wildman–Crippen MR) is 64.9 cm³/mol. The molecule has 0 bridgehead atoms. The molecule has 0 spiro atoms. The summed E-state index contributed by atoms with van der Waals surface area (Å²) < 4.78 is 0. The Morgan fingerprint density at radius 3 is 2.62 bits per heavy atom. The summed E-state index contributed by atoms with van der Waals surface area (Å²) in [7, 11) is 0. The molecule has 0 aromatic carbocycles. The lowest BCUT2D eigenvalue weighted by molar-refractivity contribution is 0.0155. The molecule has 3 nitrogen and oxygen atoms in total. The Hall–Kier alpha value is -0.590. The molecule has 0 aliphatic heterocycles. The quantitative estimate of drug-likeness (QED) is 0.778. The van der Waals surface area contributed by atoms with E-state index in [0.717, 1.165) is 32.4 Å².